The highest BCUT2D eigenvalue weighted by Gasteiger charge is 2.28. The summed E-state index contributed by atoms with van der Waals surface area (Å²) in [4.78, 5) is 14.3. The molecule has 150 valence electrons. The first-order chi connectivity index (χ1) is 13.9. The van der Waals surface area contributed by atoms with Crippen LogP contribution in [0, 0.1) is 11.3 Å². The van der Waals surface area contributed by atoms with Gasteiger partial charge in [-0.25, -0.2) is 8.42 Å². The molecule has 1 saturated heterocycles. The van der Waals surface area contributed by atoms with Crippen molar-refractivity contribution in [2.75, 3.05) is 31.5 Å². The maximum Gasteiger partial charge on any atom is 0.267 e. The van der Waals surface area contributed by atoms with Gasteiger partial charge in [-0.1, -0.05) is 30.3 Å². The van der Waals surface area contributed by atoms with Crippen molar-refractivity contribution >= 4 is 21.6 Å². The molecule has 0 saturated carbocycles. The van der Waals surface area contributed by atoms with Gasteiger partial charge in [-0.2, -0.15) is 9.57 Å². The number of carbonyl (C=O) groups excluding carboxylic acids is 1. The third-order valence-electron chi connectivity index (χ3n) is 4.48. The minimum absolute atomic E-state index is 0.0992. The molecule has 9 heteroatoms. The molecular weight excluding hydrogens is 392 g/mol. The van der Waals surface area contributed by atoms with E-state index >= 15 is 0 Å². The van der Waals surface area contributed by atoms with E-state index in [4.69, 9.17) is 0 Å². The summed E-state index contributed by atoms with van der Waals surface area (Å²) in [6.07, 6.45) is 1.42. The van der Waals surface area contributed by atoms with Gasteiger partial charge in [0, 0.05) is 32.4 Å². The zero-order valence-electron chi connectivity index (χ0n) is 15.5. The van der Waals surface area contributed by atoms with E-state index in [0.717, 1.165) is 0 Å². The van der Waals surface area contributed by atoms with Gasteiger partial charge in [-0.05, 0) is 24.3 Å². The highest BCUT2D eigenvalue weighted by atomic mass is 32.2. The maximum atomic E-state index is 12.7. The number of aromatic hydroxyl groups is 1. The molecule has 1 aliphatic heterocycles. The van der Waals surface area contributed by atoms with Crippen molar-refractivity contribution in [1.82, 2.24) is 9.21 Å². The van der Waals surface area contributed by atoms with Crippen molar-refractivity contribution in [2.24, 2.45) is 0 Å². The summed E-state index contributed by atoms with van der Waals surface area (Å²) in [5.74, 6) is -0.744. The summed E-state index contributed by atoms with van der Waals surface area (Å²) in [6, 6.07) is 16.3. The van der Waals surface area contributed by atoms with Crippen LogP contribution in [0.15, 0.2) is 71.3 Å². The molecule has 3 rings (SSSR count). The summed E-state index contributed by atoms with van der Waals surface area (Å²) in [5.41, 5.74) is 0.0741. The van der Waals surface area contributed by atoms with Crippen LogP contribution in [-0.2, 0) is 14.8 Å². The van der Waals surface area contributed by atoms with Crippen LogP contribution in [0.4, 0.5) is 5.69 Å². The van der Waals surface area contributed by atoms with Crippen LogP contribution in [-0.4, -0.2) is 54.8 Å². The predicted molar refractivity (Wildman–Crippen MR) is 107 cm³/mol. The van der Waals surface area contributed by atoms with Crippen LogP contribution in [0.2, 0.25) is 0 Å². The summed E-state index contributed by atoms with van der Waals surface area (Å²) in [7, 11) is -3.57. The van der Waals surface area contributed by atoms with Crippen LogP contribution in [0.5, 0.6) is 5.75 Å². The van der Waals surface area contributed by atoms with E-state index in [9.17, 15) is 23.6 Å². The number of anilines is 1. The number of para-hydroxylation sites is 2. The minimum Gasteiger partial charge on any atom is -0.506 e. The first kappa shape index (κ1) is 20.4. The van der Waals surface area contributed by atoms with E-state index < -0.39 is 15.9 Å². The zero-order valence-corrected chi connectivity index (χ0v) is 16.3. The first-order valence-electron chi connectivity index (χ1n) is 8.92. The second-order valence-corrected chi connectivity index (χ2v) is 8.32. The Balaban J connectivity index is 1.65. The molecule has 2 aromatic rings. The number of nitriles is 1. The van der Waals surface area contributed by atoms with Gasteiger partial charge in [0.2, 0.25) is 10.0 Å². The number of carbonyl (C=O) groups is 1. The molecule has 8 nitrogen and oxygen atoms in total. The second-order valence-electron chi connectivity index (χ2n) is 6.38. The lowest BCUT2D eigenvalue weighted by molar-refractivity contribution is -0.112. The molecule has 0 aliphatic carbocycles. The molecule has 0 bridgehead atoms. The third-order valence-corrected chi connectivity index (χ3v) is 6.40. The molecule has 0 atom stereocenters. The lowest BCUT2D eigenvalue weighted by atomic mass is 10.2. The molecule has 29 heavy (non-hydrogen) atoms. The van der Waals surface area contributed by atoms with Gasteiger partial charge in [-0.15, -0.1) is 0 Å². The van der Waals surface area contributed by atoms with Crippen molar-refractivity contribution in [3.8, 4) is 11.8 Å². The number of hydrogen-bond acceptors (Lipinski definition) is 6. The number of benzene rings is 2. The molecule has 2 N–H and O–H groups in total. The number of phenolic OH excluding ortho intramolecular Hbond substituents is 1. The van der Waals surface area contributed by atoms with Gasteiger partial charge in [0.25, 0.3) is 5.91 Å². The number of hydrogen-bond donors (Lipinski definition) is 2. The Labute approximate surface area is 169 Å². The van der Waals surface area contributed by atoms with Crippen molar-refractivity contribution in [1.29, 1.82) is 5.26 Å². The van der Waals surface area contributed by atoms with Gasteiger partial charge in [0.1, 0.15) is 17.4 Å². The molecule has 1 heterocycles. The van der Waals surface area contributed by atoms with Crippen LogP contribution < -0.4 is 5.32 Å². The van der Waals surface area contributed by atoms with Gasteiger partial charge < -0.3 is 15.3 Å². The molecule has 0 radical (unpaired) electrons. The van der Waals surface area contributed by atoms with Gasteiger partial charge >= 0.3 is 0 Å². The fourth-order valence-electron chi connectivity index (χ4n) is 2.90. The van der Waals surface area contributed by atoms with Crippen molar-refractivity contribution in [3.63, 3.8) is 0 Å². The molecule has 1 aliphatic rings. The number of nitrogens with one attached hydrogen (secondary N) is 1. The van der Waals surface area contributed by atoms with E-state index in [-0.39, 0.29) is 35.0 Å². The Morgan fingerprint density at radius 2 is 1.66 bits per heavy atom. The third kappa shape index (κ3) is 4.74. The van der Waals surface area contributed by atoms with Gasteiger partial charge in [0.05, 0.1) is 10.6 Å². The van der Waals surface area contributed by atoms with E-state index in [0.29, 0.717) is 13.1 Å². The summed E-state index contributed by atoms with van der Waals surface area (Å²) < 4.78 is 26.7. The summed E-state index contributed by atoms with van der Waals surface area (Å²) >= 11 is 0. The van der Waals surface area contributed by atoms with Crippen molar-refractivity contribution in [2.45, 2.75) is 4.90 Å². The number of phenols is 1. The van der Waals surface area contributed by atoms with E-state index in [1.54, 1.807) is 47.4 Å². The Hall–Kier alpha value is -3.35. The molecule has 0 aromatic heterocycles. The Morgan fingerprint density at radius 3 is 2.28 bits per heavy atom. The normalized spacial score (nSPS) is 15.6. The SMILES string of the molecule is N#C/C(=C/N1CCN(S(=O)(=O)c2ccccc2)CC1)C(=O)Nc1ccccc1O. The van der Waals surface area contributed by atoms with Crippen LogP contribution in [0.3, 0.4) is 0 Å². The number of piperazine rings is 1. The average Bonchev–Trinajstić information content (AvgIpc) is 2.74. The van der Waals surface area contributed by atoms with Crippen molar-refractivity contribution < 1.29 is 18.3 Å². The number of sulfonamides is 1. The monoisotopic (exact) mass is 412 g/mol. The molecular formula is C20H20N4O4S. The molecule has 0 spiro atoms. The minimum atomic E-state index is -3.57. The second kappa shape index (κ2) is 8.77. The van der Waals surface area contributed by atoms with Crippen LogP contribution in [0.25, 0.3) is 0 Å². The topological polar surface area (TPSA) is 114 Å². The molecule has 0 unspecified atom stereocenters. The number of rotatable bonds is 5. The van der Waals surface area contributed by atoms with Crippen LogP contribution in [0.1, 0.15) is 0 Å². The average molecular weight is 412 g/mol. The first-order valence-corrected chi connectivity index (χ1v) is 10.4. The van der Waals surface area contributed by atoms with E-state index in [2.05, 4.69) is 5.32 Å². The number of nitrogens with zero attached hydrogens (tertiary/aromatic N) is 3. The summed E-state index contributed by atoms with van der Waals surface area (Å²) in [6.45, 7) is 1.18. The standard InChI is InChI=1S/C20H20N4O4S/c21-14-16(20(26)22-18-8-4-5-9-19(18)25)15-23-10-12-24(13-11-23)29(27,28)17-6-2-1-3-7-17/h1-9,15,25H,10-13H2,(H,22,26)/b16-15-. The highest BCUT2D eigenvalue weighted by molar-refractivity contribution is 7.89. The molecule has 2 aromatic carbocycles. The lowest BCUT2D eigenvalue weighted by Crippen LogP contribution is -2.46. The highest BCUT2D eigenvalue weighted by Crippen LogP contribution is 2.22. The number of amides is 1. The Bertz CT molecular complexity index is 1050. The van der Waals surface area contributed by atoms with E-state index in [1.165, 1.54) is 22.6 Å². The quantitative estimate of drug-likeness (QED) is 0.439. The van der Waals surface area contributed by atoms with Crippen LogP contribution >= 0.6 is 0 Å². The largest absolute Gasteiger partial charge is 0.506 e. The Morgan fingerprint density at radius 1 is 1.03 bits per heavy atom. The Kier molecular flexibility index (Phi) is 6.16. The van der Waals surface area contributed by atoms with Gasteiger partial charge in [0.15, 0.2) is 0 Å². The van der Waals surface area contributed by atoms with E-state index in [1.807, 2.05) is 6.07 Å². The maximum absolute atomic E-state index is 12.7. The fourth-order valence-corrected chi connectivity index (χ4v) is 4.35. The zero-order chi connectivity index (χ0) is 20.9. The smallest absolute Gasteiger partial charge is 0.267 e. The molecule has 1 fully saturated rings. The fraction of sp³-hybridized carbons (Fsp3) is 0.200. The van der Waals surface area contributed by atoms with Crippen molar-refractivity contribution in [3.05, 3.63) is 66.4 Å². The lowest BCUT2D eigenvalue weighted by Gasteiger charge is -2.33. The molecule has 1 amide bonds. The van der Waals surface area contributed by atoms with Gasteiger partial charge in [-0.3, -0.25) is 4.79 Å². The summed E-state index contributed by atoms with van der Waals surface area (Å²) in [5, 5.41) is 21.6. The predicted octanol–water partition coefficient (Wildman–Crippen LogP) is 1.74.